The molecule has 12 heteroatoms. The van der Waals surface area contributed by atoms with Crippen molar-refractivity contribution in [2.24, 2.45) is 0 Å². The van der Waals surface area contributed by atoms with E-state index in [1.54, 1.807) is 36.2 Å². The van der Waals surface area contributed by atoms with Gasteiger partial charge in [-0.3, -0.25) is 0 Å². The minimum Gasteiger partial charge on any atom is -0.375 e. The van der Waals surface area contributed by atoms with Crippen molar-refractivity contribution in [1.29, 1.82) is 0 Å². The number of thiazole rings is 1. The molecule has 4 aromatic rings. The predicted octanol–water partition coefficient (Wildman–Crippen LogP) is 5.24. The number of aromatic nitrogens is 4. The van der Waals surface area contributed by atoms with Gasteiger partial charge in [0.25, 0.3) is 0 Å². The number of ether oxygens (including phenoxy) is 4. The van der Waals surface area contributed by atoms with E-state index in [-0.39, 0.29) is 6.61 Å². The number of methoxy groups -OCH3 is 1. The summed E-state index contributed by atoms with van der Waals surface area (Å²) in [5.41, 5.74) is 0.277. The summed E-state index contributed by atoms with van der Waals surface area (Å²) in [6, 6.07) is 15.0. The molecule has 6 rings (SSSR count). The summed E-state index contributed by atoms with van der Waals surface area (Å²) >= 11 is 19.7. The molecule has 0 spiro atoms. The first-order valence-corrected chi connectivity index (χ1v) is 13.6. The lowest BCUT2D eigenvalue weighted by atomic mass is 9.75. The molecule has 2 aliphatic heterocycles. The first-order chi connectivity index (χ1) is 18.0. The van der Waals surface area contributed by atoms with Gasteiger partial charge in [0, 0.05) is 39.9 Å². The Bertz CT molecular complexity index is 1380. The molecule has 2 unspecified atom stereocenters. The van der Waals surface area contributed by atoms with Crippen LogP contribution in [0.3, 0.4) is 0 Å². The second kappa shape index (κ2) is 10.3. The Morgan fingerprint density at radius 1 is 1.16 bits per heavy atom. The highest BCUT2D eigenvalue weighted by Gasteiger charge is 2.63. The molecule has 0 saturated carbocycles. The Kier molecular flexibility index (Phi) is 7.02. The highest BCUT2D eigenvalue weighted by atomic mass is 35.5. The summed E-state index contributed by atoms with van der Waals surface area (Å²) in [5, 5.41) is 12.6. The van der Waals surface area contributed by atoms with Crippen molar-refractivity contribution >= 4 is 47.2 Å². The highest BCUT2D eigenvalue weighted by Crippen LogP contribution is 2.50. The number of thiol groups is 1. The van der Waals surface area contributed by atoms with Gasteiger partial charge in [-0.05, 0) is 18.2 Å². The van der Waals surface area contributed by atoms with Crippen LogP contribution in [0.1, 0.15) is 17.4 Å². The third-order valence-corrected chi connectivity index (χ3v) is 8.42. The zero-order chi connectivity index (χ0) is 25.6. The predicted molar refractivity (Wildman–Crippen MR) is 143 cm³/mol. The van der Waals surface area contributed by atoms with E-state index >= 15 is 0 Å². The lowest BCUT2D eigenvalue weighted by Crippen LogP contribution is -2.70. The monoisotopic (exact) mass is 576 g/mol. The molecule has 192 valence electrons. The number of hydrogen-bond donors (Lipinski definition) is 1. The molecule has 8 nitrogen and oxygen atoms in total. The molecule has 6 atom stereocenters. The second-order valence-corrected chi connectivity index (χ2v) is 10.9. The molecule has 37 heavy (non-hydrogen) atoms. The average molecular weight is 578 g/mol. The van der Waals surface area contributed by atoms with Crippen LogP contribution in [-0.4, -0.2) is 57.4 Å². The molecule has 2 aliphatic rings. The Hall–Kier alpha value is -2.02. The van der Waals surface area contributed by atoms with Crippen molar-refractivity contribution in [3.8, 4) is 10.7 Å². The van der Waals surface area contributed by atoms with Gasteiger partial charge in [0.2, 0.25) is 0 Å². The van der Waals surface area contributed by atoms with Crippen molar-refractivity contribution in [3.63, 3.8) is 0 Å². The number of hydrogen-bond acceptors (Lipinski definition) is 9. The van der Waals surface area contributed by atoms with E-state index in [2.05, 4.69) is 15.3 Å². The third kappa shape index (κ3) is 4.29. The summed E-state index contributed by atoms with van der Waals surface area (Å²) in [5.74, 6) is 0. The van der Waals surface area contributed by atoms with Gasteiger partial charge in [0.15, 0.2) is 6.29 Å². The number of halogens is 2. The van der Waals surface area contributed by atoms with E-state index in [0.717, 1.165) is 10.6 Å². The van der Waals surface area contributed by atoms with E-state index in [0.29, 0.717) is 21.3 Å². The second-order valence-electron chi connectivity index (χ2n) is 8.69. The van der Waals surface area contributed by atoms with E-state index in [1.165, 1.54) is 11.3 Å². The Morgan fingerprint density at radius 3 is 2.76 bits per heavy atom. The van der Waals surface area contributed by atoms with Gasteiger partial charge in [-0.2, -0.15) is 0 Å². The van der Waals surface area contributed by atoms with Crippen molar-refractivity contribution in [2.75, 3.05) is 13.7 Å². The average Bonchev–Trinajstić information content (AvgIpc) is 3.62. The fourth-order valence-corrected chi connectivity index (χ4v) is 6.66. The van der Waals surface area contributed by atoms with Crippen LogP contribution in [0.2, 0.25) is 10.0 Å². The number of fused-ring (bicyclic) bond motifs is 1. The van der Waals surface area contributed by atoms with Crippen LogP contribution in [0.4, 0.5) is 0 Å². The molecule has 0 bridgehead atoms. The zero-order valence-corrected chi connectivity index (χ0v) is 22.7. The number of rotatable bonds is 5. The van der Waals surface area contributed by atoms with Crippen molar-refractivity contribution in [2.45, 2.75) is 35.6 Å². The molecular formula is C25H22Cl2N4O4S2. The maximum Gasteiger partial charge on any atom is 0.184 e. The van der Waals surface area contributed by atoms with Gasteiger partial charge in [-0.25, -0.2) is 9.67 Å². The molecular weight excluding hydrogens is 555 g/mol. The Balaban J connectivity index is 1.58. The topological polar surface area (TPSA) is 80.5 Å². The van der Waals surface area contributed by atoms with E-state index in [4.69, 9.17) is 54.8 Å². The smallest absolute Gasteiger partial charge is 0.184 e. The first-order valence-electron chi connectivity index (χ1n) is 11.5. The SMILES string of the molecule is CO[C@H]1[C@@H](S)O[C@@H]2COC(c3ccccc3)O[C@@H]2C1(c1cc(Cl)ccc1Cl)n1cc(-c2nccs2)nn1. The molecule has 0 amide bonds. The Labute approximate surface area is 232 Å². The molecule has 2 aromatic heterocycles. The van der Waals surface area contributed by atoms with E-state index in [1.807, 2.05) is 41.9 Å². The lowest BCUT2D eigenvalue weighted by molar-refractivity contribution is -0.323. The summed E-state index contributed by atoms with van der Waals surface area (Å²) in [6.45, 7) is 0.256. The largest absolute Gasteiger partial charge is 0.375 e. The minimum absolute atomic E-state index is 0.256. The van der Waals surface area contributed by atoms with Gasteiger partial charge >= 0.3 is 0 Å². The Morgan fingerprint density at radius 2 is 2.00 bits per heavy atom. The normalized spacial score (nSPS) is 29.7. The van der Waals surface area contributed by atoms with Crippen LogP contribution >= 0.6 is 47.2 Å². The third-order valence-electron chi connectivity index (χ3n) is 6.67. The molecule has 2 aromatic carbocycles. The van der Waals surface area contributed by atoms with Gasteiger partial charge in [-0.1, -0.05) is 58.7 Å². The maximum absolute atomic E-state index is 6.89. The maximum atomic E-state index is 6.89. The van der Waals surface area contributed by atoms with Crippen LogP contribution in [0.25, 0.3) is 10.7 Å². The van der Waals surface area contributed by atoms with Gasteiger partial charge in [0.1, 0.15) is 40.0 Å². The summed E-state index contributed by atoms with van der Waals surface area (Å²) in [7, 11) is 1.59. The van der Waals surface area contributed by atoms with Gasteiger partial charge < -0.3 is 18.9 Å². The quantitative estimate of drug-likeness (QED) is 0.325. The molecule has 2 fully saturated rings. The first kappa shape index (κ1) is 25.3. The lowest BCUT2D eigenvalue weighted by Gasteiger charge is -2.55. The van der Waals surface area contributed by atoms with Crippen molar-refractivity contribution in [3.05, 3.63) is 87.5 Å². The summed E-state index contributed by atoms with van der Waals surface area (Å²) in [6.07, 6.45) is 1.01. The molecule has 0 radical (unpaired) electrons. The summed E-state index contributed by atoms with van der Waals surface area (Å²) < 4.78 is 26.9. The fraction of sp³-hybridized carbons (Fsp3) is 0.320. The fourth-order valence-electron chi connectivity index (χ4n) is 5.13. The molecule has 0 aliphatic carbocycles. The summed E-state index contributed by atoms with van der Waals surface area (Å²) in [4.78, 5) is 4.39. The highest BCUT2D eigenvalue weighted by molar-refractivity contribution is 7.80. The number of nitrogens with zero attached hydrogens (tertiary/aromatic N) is 4. The van der Waals surface area contributed by atoms with E-state index in [9.17, 15) is 0 Å². The standard InChI is InChI=1S/C25H22Cl2N4O4S2/c1-32-21-24(36)34-19-13-33-23(14-5-3-2-4-6-14)35-20(19)25(21,16-11-15(26)7-8-17(16)27)31-12-18(29-30-31)22-28-9-10-37-22/h2-12,19-21,23-24,36H,13H2,1H3/t19-,20+,21+,23?,24-,25?/m1/s1. The van der Waals surface area contributed by atoms with Crippen LogP contribution in [0.15, 0.2) is 66.3 Å². The molecule has 4 heterocycles. The van der Waals surface area contributed by atoms with Gasteiger partial charge in [0.05, 0.1) is 12.8 Å². The van der Waals surface area contributed by atoms with Crippen LogP contribution in [-0.2, 0) is 24.5 Å². The van der Waals surface area contributed by atoms with Crippen LogP contribution < -0.4 is 0 Å². The van der Waals surface area contributed by atoms with Crippen molar-refractivity contribution < 1.29 is 18.9 Å². The molecule has 2 saturated heterocycles. The molecule has 0 N–H and O–H groups in total. The minimum atomic E-state index is -1.18. The van der Waals surface area contributed by atoms with E-state index < -0.39 is 35.6 Å². The van der Waals surface area contributed by atoms with Gasteiger partial charge in [-0.15, -0.1) is 29.1 Å². The number of benzene rings is 2. The van der Waals surface area contributed by atoms with Crippen LogP contribution in [0.5, 0.6) is 0 Å². The van der Waals surface area contributed by atoms with Crippen LogP contribution in [0, 0.1) is 0 Å². The zero-order valence-electron chi connectivity index (χ0n) is 19.5. The van der Waals surface area contributed by atoms with Crippen molar-refractivity contribution in [1.82, 2.24) is 20.0 Å².